The van der Waals surface area contributed by atoms with E-state index in [1.165, 1.54) is 17.7 Å². The predicted molar refractivity (Wildman–Crippen MR) is 127 cm³/mol. The second-order valence-corrected chi connectivity index (χ2v) is 8.86. The number of benzene rings is 2. The molecule has 0 radical (unpaired) electrons. The van der Waals surface area contributed by atoms with Crippen molar-refractivity contribution in [3.05, 3.63) is 95.1 Å². The second-order valence-electron chi connectivity index (χ2n) is 8.86. The summed E-state index contributed by atoms with van der Waals surface area (Å²) in [5.74, 6) is -0.990. The van der Waals surface area contributed by atoms with E-state index in [0.29, 0.717) is 37.6 Å². The average Bonchev–Trinajstić information content (AvgIpc) is 3.42. The minimum atomic E-state index is -0.533. The molecule has 1 fully saturated rings. The smallest absolute Gasteiger partial charge is 0.270 e. The lowest BCUT2D eigenvalue weighted by atomic mass is 10.1. The summed E-state index contributed by atoms with van der Waals surface area (Å²) in [6, 6.07) is 17.7. The van der Waals surface area contributed by atoms with Gasteiger partial charge in [-0.3, -0.25) is 9.59 Å². The van der Waals surface area contributed by atoms with E-state index in [1.54, 1.807) is 28.2 Å². The van der Waals surface area contributed by atoms with Gasteiger partial charge in [0.15, 0.2) is 0 Å². The Kier molecular flexibility index (Phi) is 5.69. The van der Waals surface area contributed by atoms with Gasteiger partial charge in [0.1, 0.15) is 11.5 Å². The van der Waals surface area contributed by atoms with Crippen molar-refractivity contribution in [3.63, 3.8) is 0 Å². The molecule has 1 atom stereocenters. The molecular formula is C27H26FN3O3. The number of carbonyl (C=O) groups is 2. The predicted octanol–water partition coefficient (Wildman–Crippen LogP) is 4.72. The highest BCUT2D eigenvalue weighted by Gasteiger charge is 2.33. The molecule has 0 saturated carbocycles. The number of aromatic nitrogens is 1. The number of carbonyl (C=O) groups excluding carboxylic acids is 2. The SMILES string of the molecule is Cc1ccc(Cn2c(C(=O)N3CCN(C(=O)c4ccccc4F)[C@@H](C)C3)cc3ccoc32)cc1. The molecule has 6 nitrogen and oxygen atoms in total. The highest BCUT2D eigenvalue weighted by Crippen LogP contribution is 2.25. The third-order valence-electron chi connectivity index (χ3n) is 6.46. The van der Waals surface area contributed by atoms with E-state index in [1.807, 2.05) is 54.8 Å². The summed E-state index contributed by atoms with van der Waals surface area (Å²) in [5, 5.41) is 0.872. The summed E-state index contributed by atoms with van der Waals surface area (Å²) in [6.07, 6.45) is 1.62. The molecule has 0 aliphatic carbocycles. The summed E-state index contributed by atoms with van der Waals surface area (Å²) >= 11 is 0. The lowest BCUT2D eigenvalue weighted by molar-refractivity contribution is 0.0406. The van der Waals surface area contributed by atoms with Gasteiger partial charge in [-0.2, -0.15) is 0 Å². The van der Waals surface area contributed by atoms with E-state index >= 15 is 0 Å². The quantitative estimate of drug-likeness (QED) is 0.444. The molecule has 3 heterocycles. The maximum Gasteiger partial charge on any atom is 0.270 e. The Hall–Kier alpha value is -3.87. The third-order valence-corrected chi connectivity index (χ3v) is 6.46. The molecule has 2 amide bonds. The largest absolute Gasteiger partial charge is 0.448 e. The Morgan fingerprint density at radius 3 is 2.53 bits per heavy atom. The van der Waals surface area contributed by atoms with Gasteiger partial charge in [0.2, 0.25) is 5.71 Å². The van der Waals surface area contributed by atoms with E-state index in [0.717, 1.165) is 10.9 Å². The Morgan fingerprint density at radius 1 is 1.03 bits per heavy atom. The molecule has 1 aliphatic heterocycles. The fourth-order valence-corrected chi connectivity index (χ4v) is 4.58. The number of aryl methyl sites for hydroxylation is 1. The van der Waals surface area contributed by atoms with Crippen LogP contribution in [0.3, 0.4) is 0 Å². The summed E-state index contributed by atoms with van der Waals surface area (Å²) in [4.78, 5) is 29.9. The van der Waals surface area contributed by atoms with Gasteiger partial charge in [-0.15, -0.1) is 0 Å². The van der Waals surface area contributed by atoms with E-state index in [-0.39, 0.29) is 23.4 Å². The minimum Gasteiger partial charge on any atom is -0.448 e. The topological polar surface area (TPSA) is 58.7 Å². The number of rotatable bonds is 4. The van der Waals surface area contributed by atoms with Crippen LogP contribution in [0.5, 0.6) is 0 Å². The van der Waals surface area contributed by atoms with Crippen molar-refractivity contribution in [2.24, 2.45) is 0 Å². The Balaban J connectivity index is 1.37. The van der Waals surface area contributed by atoms with Crippen LogP contribution < -0.4 is 0 Å². The van der Waals surface area contributed by atoms with Crippen LogP contribution in [0.25, 0.3) is 11.1 Å². The van der Waals surface area contributed by atoms with Crippen LogP contribution in [0.2, 0.25) is 0 Å². The van der Waals surface area contributed by atoms with Crippen molar-refractivity contribution in [2.45, 2.75) is 26.4 Å². The first-order valence-corrected chi connectivity index (χ1v) is 11.4. The van der Waals surface area contributed by atoms with Crippen LogP contribution in [0.1, 0.15) is 38.9 Å². The zero-order valence-corrected chi connectivity index (χ0v) is 19.2. The molecule has 1 saturated heterocycles. The van der Waals surface area contributed by atoms with Gasteiger partial charge in [-0.1, -0.05) is 42.0 Å². The lowest BCUT2D eigenvalue weighted by Gasteiger charge is -2.40. The highest BCUT2D eigenvalue weighted by molar-refractivity contribution is 5.98. The molecule has 5 rings (SSSR count). The van der Waals surface area contributed by atoms with Crippen LogP contribution in [-0.4, -0.2) is 51.9 Å². The molecule has 0 N–H and O–H groups in total. The molecule has 2 aromatic heterocycles. The zero-order chi connectivity index (χ0) is 23.8. The molecule has 34 heavy (non-hydrogen) atoms. The van der Waals surface area contributed by atoms with Crippen molar-refractivity contribution in [1.82, 2.24) is 14.4 Å². The molecule has 174 valence electrons. The van der Waals surface area contributed by atoms with Crippen LogP contribution in [0, 0.1) is 12.7 Å². The number of nitrogens with zero attached hydrogens (tertiary/aromatic N) is 3. The fraction of sp³-hybridized carbons (Fsp3) is 0.259. The Labute approximate surface area is 197 Å². The molecule has 0 spiro atoms. The van der Waals surface area contributed by atoms with Crippen molar-refractivity contribution in [1.29, 1.82) is 0 Å². The van der Waals surface area contributed by atoms with Crippen LogP contribution in [0.15, 0.2) is 71.3 Å². The summed E-state index contributed by atoms with van der Waals surface area (Å²) in [6.45, 7) is 5.53. The Bertz CT molecular complexity index is 1360. The summed E-state index contributed by atoms with van der Waals surface area (Å²) in [5.41, 5.74) is 3.51. The van der Waals surface area contributed by atoms with E-state index in [4.69, 9.17) is 4.42 Å². The maximum absolute atomic E-state index is 14.1. The van der Waals surface area contributed by atoms with Crippen molar-refractivity contribution in [3.8, 4) is 0 Å². The monoisotopic (exact) mass is 459 g/mol. The third kappa shape index (κ3) is 3.98. The molecule has 0 unspecified atom stereocenters. The van der Waals surface area contributed by atoms with Gasteiger partial charge >= 0.3 is 0 Å². The van der Waals surface area contributed by atoms with Gasteiger partial charge in [0.05, 0.1) is 18.4 Å². The van der Waals surface area contributed by atoms with E-state index in [2.05, 4.69) is 0 Å². The number of furan rings is 1. The fourth-order valence-electron chi connectivity index (χ4n) is 4.58. The lowest BCUT2D eigenvalue weighted by Crippen LogP contribution is -2.55. The van der Waals surface area contributed by atoms with E-state index < -0.39 is 5.82 Å². The van der Waals surface area contributed by atoms with Gasteiger partial charge in [-0.25, -0.2) is 4.39 Å². The number of halogens is 1. The zero-order valence-electron chi connectivity index (χ0n) is 19.2. The number of amides is 2. The second kappa shape index (κ2) is 8.82. The molecule has 0 bridgehead atoms. The van der Waals surface area contributed by atoms with Crippen molar-refractivity contribution >= 4 is 22.9 Å². The number of piperazine rings is 1. The summed E-state index contributed by atoms with van der Waals surface area (Å²) in [7, 11) is 0. The Morgan fingerprint density at radius 2 is 1.79 bits per heavy atom. The van der Waals surface area contributed by atoms with Crippen molar-refractivity contribution in [2.75, 3.05) is 19.6 Å². The molecule has 1 aliphatic rings. The highest BCUT2D eigenvalue weighted by atomic mass is 19.1. The standard InChI is InChI=1S/C27H26FN3O3/c1-18-7-9-20(10-8-18)17-31-24(15-21-11-14-34-27(21)31)26(33)29-12-13-30(19(2)16-29)25(32)22-5-3-4-6-23(22)28/h3-11,14-15,19H,12-13,16-17H2,1-2H3/t19-/m0/s1. The van der Waals surface area contributed by atoms with Crippen LogP contribution >= 0.6 is 0 Å². The molecule has 7 heteroatoms. The number of hydrogen-bond donors (Lipinski definition) is 0. The maximum atomic E-state index is 14.1. The number of hydrogen-bond acceptors (Lipinski definition) is 3. The first-order valence-electron chi connectivity index (χ1n) is 11.4. The molecule has 2 aromatic carbocycles. The molecular weight excluding hydrogens is 433 g/mol. The van der Waals surface area contributed by atoms with Crippen LogP contribution in [0.4, 0.5) is 4.39 Å². The van der Waals surface area contributed by atoms with Crippen molar-refractivity contribution < 1.29 is 18.4 Å². The van der Waals surface area contributed by atoms with E-state index in [9.17, 15) is 14.0 Å². The van der Waals surface area contributed by atoms with Gasteiger partial charge in [-0.05, 0) is 43.7 Å². The van der Waals surface area contributed by atoms with Gasteiger partial charge in [0.25, 0.3) is 11.8 Å². The average molecular weight is 460 g/mol. The summed E-state index contributed by atoms with van der Waals surface area (Å²) < 4.78 is 21.7. The normalized spacial score (nSPS) is 16.3. The first kappa shape index (κ1) is 21.9. The van der Waals surface area contributed by atoms with Gasteiger partial charge < -0.3 is 18.8 Å². The number of fused-ring (bicyclic) bond motifs is 1. The first-order chi connectivity index (χ1) is 16.4. The van der Waals surface area contributed by atoms with Gasteiger partial charge in [0, 0.05) is 31.1 Å². The molecule has 4 aromatic rings. The van der Waals surface area contributed by atoms with Crippen LogP contribution in [-0.2, 0) is 6.54 Å². The minimum absolute atomic E-state index is 0.0569.